The molecule has 8 heteroatoms. The van der Waals surface area contributed by atoms with Gasteiger partial charge in [0.05, 0.1) is 11.3 Å². The molecule has 0 bridgehead atoms. The molecule has 6 nitrogen and oxygen atoms in total. The van der Waals surface area contributed by atoms with Crippen molar-refractivity contribution in [1.82, 2.24) is 14.7 Å². The van der Waals surface area contributed by atoms with Crippen molar-refractivity contribution in [2.24, 2.45) is 11.1 Å². The van der Waals surface area contributed by atoms with Gasteiger partial charge in [-0.05, 0) is 56.9 Å². The Balaban J connectivity index is 1.41. The van der Waals surface area contributed by atoms with Crippen molar-refractivity contribution in [2.75, 3.05) is 0 Å². The van der Waals surface area contributed by atoms with Crippen molar-refractivity contribution in [3.8, 4) is 5.75 Å². The maximum Gasteiger partial charge on any atom is 0.270 e. The molecule has 33 heavy (non-hydrogen) atoms. The average molecular weight is 455 g/mol. The lowest BCUT2D eigenvalue weighted by Crippen LogP contribution is -2.41. The number of carbonyl (C=O) groups excluding carboxylic acids is 1. The number of nitrogens with two attached hydrogens (primary N) is 1. The number of hydrogen-bond acceptors (Lipinski definition) is 4. The van der Waals surface area contributed by atoms with Gasteiger partial charge < -0.3 is 15.8 Å². The molecule has 3 aromatic rings. The average Bonchev–Trinajstić information content (AvgIpc) is 3.32. The van der Waals surface area contributed by atoms with Gasteiger partial charge >= 0.3 is 0 Å². The molecule has 5 rings (SSSR count). The number of ether oxygens (including phenoxy) is 1. The fraction of sp³-hybridized carbons (Fsp3) is 0.440. The highest BCUT2D eigenvalue weighted by atomic mass is 19.1. The lowest BCUT2D eigenvalue weighted by Gasteiger charge is -2.29. The molecule has 2 aliphatic carbocycles. The quantitative estimate of drug-likeness (QED) is 0.606. The topological polar surface area (TPSA) is 81.6 Å². The standard InChI is InChI=1S/C25H28F2N4O2/c1-14-10-19(33-13-16-17(26)6-5-7-18(16)27)23-29-15(2)22(31(23)12-14)24(32)30-21-11-25(21)9-4-3-8-20(25)28/h5-7,10,12,20-21H,3-4,8-9,11,13,28H2,1-2H3,(H,30,32)/t20-,21-,25-/m1/s1. The van der Waals surface area contributed by atoms with Crippen LogP contribution >= 0.6 is 0 Å². The van der Waals surface area contributed by atoms with Crippen LogP contribution in [-0.4, -0.2) is 27.4 Å². The molecule has 0 saturated heterocycles. The number of benzene rings is 1. The van der Waals surface area contributed by atoms with Gasteiger partial charge in [-0.3, -0.25) is 9.20 Å². The largest absolute Gasteiger partial charge is 0.485 e. The summed E-state index contributed by atoms with van der Waals surface area (Å²) in [6, 6.07) is 5.65. The molecule has 1 amide bonds. The SMILES string of the molecule is Cc1cc(OCc2c(F)cccc2F)c2nc(C)c(C(=O)N[C@@H]3C[C@@]34CCCC[C@H]4N)n2c1. The van der Waals surface area contributed by atoms with Gasteiger partial charge in [-0.15, -0.1) is 0 Å². The van der Waals surface area contributed by atoms with E-state index in [-0.39, 0.29) is 35.6 Å². The molecule has 2 saturated carbocycles. The predicted molar refractivity (Wildman–Crippen MR) is 120 cm³/mol. The second-order valence-corrected chi connectivity index (χ2v) is 9.43. The third-order valence-corrected chi connectivity index (χ3v) is 7.22. The van der Waals surface area contributed by atoms with Gasteiger partial charge in [0.2, 0.25) is 0 Å². The van der Waals surface area contributed by atoms with Gasteiger partial charge in [-0.1, -0.05) is 18.9 Å². The van der Waals surface area contributed by atoms with Crippen molar-refractivity contribution in [2.45, 2.75) is 64.6 Å². The Bertz CT molecular complexity index is 1220. The van der Waals surface area contributed by atoms with Crippen LogP contribution in [0.25, 0.3) is 5.65 Å². The van der Waals surface area contributed by atoms with Crippen LogP contribution in [0.15, 0.2) is 30.5 Å². The highest BCUT2D eigenvalue weighted by Gasteiger charge is 2.59. The molecule has 2 aliphatic rings. The minimum atomic E-state index is -0.669. The first-order valence-electron chi connectivity index (χ1n) is 11.4. The van der Waals surface area contributed by atoms with Crippen molar-refractivity contribution in [3.63, 3.8) is 0 Å². The van der Waals surface area contributed by atoms with Crippen LogP contribution in [0.2, 0.25) is 0 Å². The first-order chi connectivity index (χ1) is 15.8. The smallest absolute Gasteiger partial charge is 0.270 e. The number of amides is 1. The second-order valence-electron chi connectivity index (χ2n) is 9.43. The van der Waals surface area contributed by atoms with E-state index < -0.39 is 11.6 Å². The number of nitrogens with zero attached hydrogens (tertiary/aromatic N) is 2. The number of aryl methyl sites for hydroxylation is 2. The molecule has 0 unspecified atom stereocenters. The highest BCUT2D eigenvalue weighted by Crippen LogP contribution is 2.55. The number of rotatable bonds is 5. The minimum Gasteiger partial charge on any atom is -0.485 e. The third kappa shape index (κ3) is 3.76. The number of nitrogens with one attached hydrogen (secondary N) is 1. The summed E-state index contributed by atoms with van der Waals surface area (Å²) in [5.74, 6) is -1.18. The zero-order valence-electron chi connectivity index (χ0n) is 18.8. The number of fused-ring (bicyclic) bond motifs is 1. The van der Waals surface area contributed by atoms with Crippen LogP contribution in [0, 0.1) is 30.9 Å². The number of aromatic nitrogens is 2. The summed E-state index contributed by atoms with van der Waals surface area (Å²) in [7, 11) is 0. The number of hydrogen-bond donors (Lipinski definition) is 2. The van der Waals surface area contributed by atoms with Gasteiger partial charge in [-0.2, -0.15) is 0 Å². The summed E-state index contributed by atoms with van der Waals surface area (Å²) in [4.78, 5) is 17.8. The maximum absolute atomic E-state index is 14.0. The summed E-state index contributed by atoms with van der Waals surface area (Å²) >= 11 is 0. The Morgan fingerprint density at radius 3 is 2.79 bits per heavy atom. The molecular weight excluding hydrogens is 426 g/mol. The van der Waals surface area contributed by atoms with Crippen molar-refractivity contribution >= 4 is 11.6 Å². The number of halogens is 2. The van der Waals surface area contributed by atoms with Crippen LogP contribution in [0.4, 0.5) is 8.78 Å². The monoisotopic (exact) mass is 454 g/mol. The van der Waals surface area contributed by atoms with Gasteiger partial charge in [0.25, 0.3) is 5.91 Å². The number of imidazole rings is 1. The summed E-state index contributed by atoms with van der Waals surface area (Å²) in [5.41, 5.74) is 8.51. The van der Waals surface area contributed by atoms with E-state index in [1.807, 2.05) is 13.1 Å². The Kier molecular flexibility index (Phi) is 5.35. The zero-order valence-corrected chi connectivity index (χ0v) is 18.8. The highest BCUT2D eigenvalue weighted by molar-refractivity contribution is 5.95. The maximum atomic E-state index is 14.0. The molecule has 2 fully saturated rings. The first kappa shape index (κ1) is 21.8. The molecular formula is C25H28F2N4O2. The normalized spacial score (nSPS) is 24.3. The summed E-state index contributed by atoms with van der Waals surface area (Å²) in [6.45, 7) is 3.35. The fourth-order valence-electron chi connectivity index (χ4n) is 5.28. The second kappa shape index (κ2) is 8.09. The Morgan fingerprint density at radius 2 is 2.06 bits per heavy atom. The van der Waals surface area contributed by atoms with Crippen molar-refractivity contribution in [1.29, 1.82) is 0 Å². The van der Waals surface area contributed by atoms with Gasteiger partial charge in [0, 0.05) is 23.7 Å². The van der Waals surface area contributed by atoms with E-state index >= 15 is 0 Å². The van der Waals surface area contributed by atoms with E-state index in [2.05, 4.69) is 10.3 Å². The van der Waals surface area contributed by atoms with E-state index in [1.165, 1.54) is 18.2 Å². The van der Waals surface area contributed by atoms with E-state index in [4.69, 9.17) is 10.5 Å². The molecule has 174 valence electrons. The van der Waals surface area contributed by atoms with Gasteiger partial charge in [-0.25, -0.2) is 13.8 Å². The molecule has 0 radical (unpaired) electrons. The van der Waals surface area contributed by atoms with Gasteiger partial charge in [0.1, 0.15) is 23.9 Å². The van der Waals surface area contributed by atoms with E-state index in [1.54, 1.807) is 17.4 Å². The fourth-order valence-corrected chi connectivity index (χ4v) is 5.28. The molecule has 3 atom stereocenters. The van der Waals surface area contributed by atoms with Crippen LogP contribution in [0.3, 0.4) is 0 Å². The molecule has 2 aromatic heterocycles. The molecule has 1 aromatic carbocycles. The van der Waals surface area contributed by atoms with Crippen molar-refractivity contribution in [3.05, 3.63) is 64.6 Å². The van der Waals surface area contributed by atoms with Crippen LogP contribution in [0.5, 0.6) is 5.75 Å². The molecule has 2 heterocycles. The lowest BCUT2D eigenvalue weighted by molar-refractivity contribution is 0.0933. The summed E-state index contributed by atoms with van der Waals surface area (Å²) < 4.78 is 35.5. The van der Waals surface area contributed by atoms with E-state index in [9.17, 15) is 13.6 Å². The molecule has 1 spiro atoms. The minimum absolute atomic E-state index is 0.0241. The van der Waals surface area contributed by atoms with Crippen molar-refractivity contribution < 1.29 is 18.3 Å². The summed E-state index contributed by atoms with van der Waals surface area (Å²) in [6.07, 6.45) is 7.08. The molecule has 3 N–H and O–H groups in total. The predicted octanol–water partition coefficient (Wildman–Crippen LogP) is 4.20. The van der Waals surface area contributed by atoms with Crippen LogP contribution < -0.4 is 15.8 Å². The van der Waals surface area contributed by atoms with Crippen LogP contribution in [0.1, 0.15) is 59.4 Å². The lowest BCUT2D eigenvalue weighted by atomic mass is 9.81. The van der Waals surface area contributed by atoms with E-state index in [0.717, 1.165) is 37.7 Å². The summed E-state index contributed by atoms with van der Waals surface area (Å²) in [5, 5.41) is 3.17. The Labute approximate surface area is 191 Å². The zero-order chi connectivity index (χ0) is 23.3. The van der Waals surface area contributed by atoms with E-state index in [0.29, 0.717) is 22.8 Å². The van der Waals surface area contributed by atoms with Crippen LogP contribution in [-0.2, 0) is 6.61 Å². The number of pyridine rings is 1. The Morgan fingerprint density at radius 1 is 1.30 bits per heavy atom. The third-order valence-electron chi connectivity index (χ3n) is 7.22. The van der Waals surface area contributed by atoms with Gasteiger partial charge in [0.15, 0.2) is 11.4 Å². The molecule has 0 aliphatic heterocycles. The number of carbonyl (C=O) groups is 1. The first-order valence-corrected chi connectivity index (χ1v) is 11.4. The Hall–Kier alpha value is -3.00.